The summed E-state index contributed by atoms with van der Waals surface area (Å²) >= 11 is -2.61. The van der Waals surface area contributed by atoms with Gasteiger partial charge in [0.05, 0.1) is 19.3 Å². The number of hydrogen-bond donors (Lipinski definition) is 4. The maximum Gasteiger partial charge on any atom is 0.177 e. The van der Waals surface area contributed by atoms with E-state index in [0.717, 1.165) is 0 Å². The van der Waals surface area contributed by atoms with Gasteiger partial charge in [-0.25, -0.2) is 4.72 Å². The molecule has 2 rings (SSSR count). The fourth-order valence-corrected chi connectivity index (χ4v) is 2.41. The Morgan fingerprint density at radius 1 is 1.56 bits per heavy atom. The summed E-state index contributed by atoms with van der Waals surface area (Å²) in [6.07, 6.45) is -3.83. The summed E-state index contributed by atoms with van der Waals surface area (Å²) in [6.45, 7) is -0.620. The van der Waals surface area contributed by atoms with Crippen molar-refractivity contribution in [3.8, 4) is 0 Å². The third kappa shape index (κ3) is 1.79. The van der Waals surface area contributed by atoms with Crippen LogP contribution in [0.4, 0.5) is 0 Å². The van der Waals surface area contributed by atoms with Crippen molar-refractivity contribution in [2.45, 2.75) is 30.1 Å². The lowest BCUT2D eigenvalue weighted by Gasteiger charge is -2.42. The summed E-state index contributed by atoms with van der Waals surface area (Å²) < 4.78 is 33.3. The largest absolute Gasteiger partial charge is 0.760 e. The first kappa shape index (κ1) is 12.3. The van der Waals surface area contributed by atoms with E-state index in [9.17, 15) is 19.0 Å². The van der Waals surface area contributed by atoms with Crippen LogP contribution in [0.25, 0.3) is 0 Å². The van der Waals surface area contributed by atoms with Gasteiger partial charge >= 0.3 is 0 Å². The second-order valence-electron chi connectivity index (χ2n) is 3.83. The van der Waals surface area contributed by atoms with Crippen LogP contribution in [0.1, 0.15) is 0 Å². The molecule has 0 spiro atoms. The molecule has 1 unspecified atom stereocenters. The second kappa shape index (κ2) is 4.27. The molecule has 9 heteroatoms. The highest BCUT2D eigenvalue weighted by atomic mass is 32.2. The van der Waals surface area contributed by atoms with Gasteiger partial charge < -0.3 is 29.3 Å². The molecule has 0 amide bonds. The minimum absolute atomic E-state index is 0.101. The summed E-state index contributed by atoms with van der Waals surface area (Å²) in [7, 11) is 0. The van der Waals surface area contributed by atoms with Gasteiger partial charge in [0.2, 0.25) is 0 Å². The lowest BCUT2D eigenvalue weighted by molar-refractivity contribution is -0.230. The molecular weight excluding hydrogens is 242 g/mol. The van der Waals surface area contributed by atoms with Gasteiger partial charge in [-0.3, -0.25) is 4.21 Å². The first-order valence-corrected chi connectivity index (χ1v) is 5.69. The van der Waals surface area contributed by atoms with E-state index in [4.69, 9.17) is 14.6 Å². The van der Waals surface area contributed by atoms with E-state index in [0.29, 0.717) is 0 Å². The van der Waals surface area contributed by atoms with Gasteiger partial charge in [0.1, 0.15) is 17.8 Å². The Bertz CT molecular complexity index is 302. The number of aliphatic hydroxyl groups is 3. The van der Waals surface area contributed by atoms with E-state index in [1.165, 1.54) is 0 Å². The summed E-state index contributed by atoms with van der Waals surface area (Å²) in [5.41, 5.74) is -1.37. The zero-order valence-corrected chi connectivity index (χ0v) is 8.92. The Kier molecular flexibility index (Phi) is 3.29. The SMILES string of the molecule is O=S([O-])N[C@H]1[C@H]2OC[C@](CO)(O2)[C@H](O)[C@@H]1O. The Hall–Kier alpha value is -0.130. The molecule has 94 valence electrons. The summed E-state index contributed by atoms with van der Waals surface area (Å²) in [4.78, 5) is 0. The van der Waals surface area contributed by atoms with Crippen LogP contribution in [0.3, 0.4) is 0 Å². The zero-order valence-electron chi connectivity index (χ0n) is 8.11. The van der Waals surface area contributed by atoms with Crippen molar-refractivity contribution in [1.29, 1.82) is 0 Å². The van der Waals surface area contributed by atoms with Crippen LogP contribution in [0, 0.1) is 0 Å². The summed E-state index contributed by atoms with van der Waals surface area (Å²) in [5, 5.41) is 28.6. The van der Waals surface area contributed by atoms with E-state index in [1.54, 1.807) is 0 Å². The van der Waals surface area contributed by atoms with Crippen LogP contribution >= 0.6 is 0 Å². The maximum atomic E-state index is 10.5. The molecule has 16 heavy (non-hydrogen) atoms. The molecule has 2 saturated heterocycles. The van der Waals surface area contributed by atoms with Crippen LogP contribution < -0.4 is 4.72 Å². The Morgan fingerprint density at radius 3 is 2.81 bits per heavy atom. The van der Waals surface area contributed by atoms with Gasteiger partial charge in [0.25, 0.3) is 0 Å². The van der Waals surface area contributed by atoms with Crippen molar-refractivity contribution < 1.29 is 33.6 Å². The molecule has 4 N–H and O–H groups in total. The molecule has 2 bridgehead atoms. The third-order valence-corrected chi connectivity index (χ3v) is 3.33. The van der Waals surface area contributed by atoms with Crippen molar-refractivity contribution in [2.75, 3.05) is 13.2 Å². The smallest absolute Gasteiger partial charge is 0.177 e. The Morgan fingerprint density at radius 2 is 2.25 bits per heavy atom. The van der Waals surface area contributed by atoms with E-state index >= 15 is 0 Å². The molecular formula is C7H12NO7S-. The van der Waals surface area contributed by atoms with Crippen molar-refractivity contribution in [3.63, 3.8) is 0 Å². The highest BCUT2D eigenvalue weighted by Crippen LogP contribution is 2.36. The number of ether oxygens (including phenoxy) is 2. The van der Waals surface area contributed by atoms with Crippen molar-refractivity contribution in [1.82, 2.24) is 4.72 Å². The molecule has 0 radical (unpaired) electrons. The Balaban J connectivity index is 2.19. The Labute approximate surface area is 93.6 Å². The normalized spacial score (nSPS) is 49.2. The molecule has 2 fully saturated rings. The maximum absolute atomic E-state index is 10.5. The predicted octanol–water partition coefficient (Wildman–Crippen LogP) is -3.42. The quantitative estimate of drug-likeness (QED) is 0.386. The molecule has 2 heterocycles. The minimum atomic E-state index is -2.61. The van der Waals surface area contributed by atoms with Crippen molar-refractivity contribution in [3.05, 3.63) is 0 Å². The van der Waals surface area contributed by atoms with Gasteiger partial charge in [-0.05, 0) is 0 Å². The van der Waals surface area contributed by atoms with Gasteiger partial charge in [0, 0.05) is 11.3 Å². The van der Waals surface area contributed by atoms with E-state index < -0.39 is 48.0 Å². The van der Waals surface area contributed by atoms with Crippen LogP contribution in [-0.2, 0) is 20.7 Å². The monoisotopic (exact) mass is 254 g/mol. The topological polar surface area (TPSA) is 131 Å². The number of nitrogens with one attached hydrogen (secondary N) is 1. The van der Waals surface area contributed by atoms with E-state index in [1.807, 2.05) is 4.72 Å². The lowest BCUT2D eigenvalue weighted by atomic mass is 9.89. The molecule has 2 aliphatic heterocycles. The number of hydrogen-bond acceptors (Lipinski definition) is 7. The first-order valence-electron chi connectivity index (χ1n) is 4.62. The predicted molar refractivity (Wildman–Crippen MR) is 48.5 cm³/mol. The standard InChI is InChI=1S/C7H13NO7S/c9-1-7-2-14-6(15-7)3(8-16(12)13)4(10)5(7)11/h3-6,8-11H,1-2H2,(H,12,13)/p-1/t3-,4-,5-,6+,7+/m1/s1. The third-order valence-electron chi connectivity index (χ3n) is 2.87. The van der Waals surface area contributed by atoms with Crippen LogP contribution in [0.5, 0.6) is 0 Å². The van der Waals surface area contributed by atoms with Gasteiger partial charge in [-0.2, -0.15) is 0 Å². The van der Waals surface area contributed by atoms with Gasteiger partial charge in [0.15, 0.2) is 6.29 Å². The number of fused-ring (bicyclic) bond motifs is 2. The zero-order chi connectivity index (χ0) is 11.9. The van der Waals surface area contributed by atoms with E-state index in [-0.39, 0.29) is 6.61 Å². The highest BCUT2D eigenvalue weighted by Gasteiger charge is 2.58. The number of aliphatic hydroxyl groups excluding tert-OH is 3. The van der Waals surface area contributed by atoms with Crippen molar-refractivity contribution >= 4 is 11.3 Å². The lowest BCUT2D eigenvalue weighted by Crippen LogP contribution is -2.65. The average molecular weight is 254 g/mol. The van der Waals surface area contributed by atoms with Crippen molar-refractivity contribution in [2.24, 2.45) is 0 Å². The van der Waals surface area contributed by atoms with Crippen LogP contribution in [0.2, 0.25) is 0 Å². The van der Waals surface area contributed by atoms with Gasteiger partial charge in [-0.1, -0.05) is 0 Å². The minimum Gasteiger partial charge on any atom is -0.760 e. The molecule has 6 atom stereocenters. The van der Waals surface area contributed by atoms with Crippen LogP contribution in [-0.4, -0.2) is 67.4 Å². The van der Waals surface area contributed by atoms with Crippen LogP contribution in [0.15, 0.2) is 0 Å². The average Bonchev–Trinajstić information content (AvgIpc) is 2.65. The van der Waals surface area contributed by atoms with E-state index in [2.05, 4.69) is 0 Å². The molecule has 0 aromatic carbocycles. The highest BCUT2D eigenvalue weighted by molar-refractivity contribution is 7.77. The molecule has 2 aliphatic rings. The molecule has 0 aliphatic carbocycles. The summed E-state index contributed by atoms with van der Waals surface area (Å²) in [5.74, 6) is 0. The molecule has 0 saturated carbocycles. The molecule has 0 aromatic heterocycles. The molecule has 8 nitrogen and oxygen atoms in total. The fourth-order valence-electron chi connectivity index (χ4n) is 1.94. The summed E-state index contributed by atoms with van der Waals surface area (Å²) in [6, 6.07) is -1.09. The van der Waals surface area contributed by atoms with Gasteiger partial charge in [-0.15, -0.1) is 0 Å². The second-order valence-corrected chi connectivity index (χ2v) is 4.54. The number of rotatable bonds is 3. The fraction of sp³-hybridized carbons (Fsp3) is 1.00. The first-order chi connectivity index (χ1) is 7.50. The molecule has 0 aromatic rings.